The molecule has 5 heteroatoms. The van der Waals surface area contributed by atoms with Gasteiger partial charge in [-0.15, -0.1) is 0 Å². The molecule has 1 amide bonds. The molecular formula is C14H20FN3O. The van der Waals surface area contributed by atoms with Crippen LogP contribution in [0.1, 0.15) is 49.4 Å². The maximum Gasteiger partial charge on any atom is 0.255 e. The second-order valence-electron chi connectivity index (χ2n) is 5.33. The fourth-order valence-corrected chi connectivity index (χ4v) is 2.78. The summed E-state index contributed by atoms with van der Waals surface area (Å²) >= 11 is 0. The number of pyridine rings is 1. The Morgan fingerprint density at radius 1 is 1.53 bits per heavy atom. The molecule has 19 heavy (non-hydrogen) atoms. The van der Waals surface area contributed by atoms with Crippen LogP contribution < -0.4 is 11.1 Å². The molecule has 0 unspecified atom stereocenters. The van der Waals surface area contributed by atoms with Gasteiger partial charge in [-0.1, -0.05) is 19.8 Å². The molecule has 1 aliphatic carbocycles. The quantitative estimate of drug-likeness (QED) is 0.879. The molecular weight excluding hydrogens is 245 g/mol. The van der Waals surface area contributed by atoms with E-state index in [0.29, 0.717) is 6.54 Å². The van der Waals surface area contributed by atoms with E-state index in [4.69, 9.17) is 5.73 Å². The molecule has 2 rings (SSSR count). The molecule has 0 atom stereocenters. The Bertz CT molecular complexity index is 470. The van der Waals surface area contributed by atoms with Crippen LogP contribution in [0.25, 0.3) is 0 Å². The topological polar surface area (TPSA) is 68.0 Å². The Kier molecular flexibility index (Phi) is 4.02. The minimum Gasteiger partial charge on any atom is -0.383 e. The Morgan fingerprint density at radius 2 is 2.21 bits per heavy atom. The summed E-state index contributed by atoms with van der Waals surface area (Å²) in [6.45, 7) is 2.77. The second-order valence-corrected chi connectivity index (χ2v) is 5.33. The maximum atomic E-state index is 13.1. The van der Waals surface area contributed by atoms with E-state index in [1.807, 2.05) is 0 Å². The predicted octanol–water partition coefficient (Wildman–Crippen LogP) is 2.50. The smallest absolute Gasteiger partial charge is 0.255 e. The van der Waals surface area contributed by atoms with Crippen molar-refractivity contribution in [2.45, 2.75) is 39.0 Å². The molecule has 1 saturated carbocycles. The van der Waals surface area contributed by atoms with Crippen LogP contribution in [0, 0.1) is 11.2 Å². The molecule has 1 heterocycles. The van der Waals surface area contributed by atoms with Gasteiger partial charge in [-0.2, -0.15) is 0 Å². The van der Waals surface area contributed by atoms with Gasteiger partial charge >= 0.3 is 0 Å². The van der Waals surface area contributed by atoms with Crippen LogP contribution in [0.3, 0.4) is 0 Å². The number of nitrogens with one attached hydrogen (secondary N) is 1. The van der Waals surface area contributed by atoms with Crippen molar-refractivity contribution in [3.05, 3.63) is 23.6 Å². The highest BCUT2D eigenvalue weighted by Crippen LogP contribution is 2.40. The number of anilines is 1. The third-order valence-corrected chi connectivity index (χ3v) is 4.17. The molecule has 1 fully saturated rings. The zero-order valence-corrected chi connectivity index (χ0v) is 11.2. The lowest BCUT2D eigenvalue weighted by Gasteiger charge is -2.27. The lowest BCUT2D eigenvalue weighted by molar-refractivity contribution is 0.0929. The number of aromatic nitrogens is 1. The van der Waals surface area contributed by atoms with Gasteiger partial charge in [0, 0.05) is 6.54 Å². The zero-order valence-electron chi connectivity index (χ0n) is 11.2. The van der Waals surface area contributed by atoms with Crippen LogP contribution in [0.5, 0.6) is 0 Å². The monoisotopic (exact) mass is 265 g/mol. The average molecular weight is 265 g/mol. The number of rotatable bonds is 4. The first-order valence-electron chi connectivity index (χ1n) is 6.75. The summed E-state index contributed by atoms with van der Waals surface area (Å²) in [7, 11) is 0. The molecule has 0 radical (unpaired) electrons. The summed E-state index contributed by atoms with van der Waals surface area (Å²) < 4.78 is 13.1. The van der Waals surface area contributed by atoms with Gasteiger partial charge in [0.1, 0.15) is 11.6 Å². The lowest BCUT2D eigenvalue weighted by atomic mass is 9.83. The van der Waals surface area contributed by atoms with E-state index < -0.39 is 5.82 Å². The number of hydrogen-bond acceptors (Lipinski definition) is 3. The van der Waals surface area contributed by atoms with Crippen molar-refractivity contribution in [1.82, 2.24) is 10.3 Å². The standard InChI is InChI=1S/C14H20FN3O/c1-2-14(5-3-4-6-14)9-18-13(19)11-7-10(15)8-17-12(11)16/h7-8H,2-6,9H2,1H3,(H2,16,17)(H,18,19). The number of amides is 1. The lowest BCUT2D eigenvalue weighted by Crippen LogP contribution is -2.36. The van der Waals surface area contributed by atoms with Crippen LogP contribution in [0.15, 0.2) is 12.3 Å². The number of halogens is 1. The number of nitrogens with two attached hydrogens (primary N) is 1. The number of carbonyl (C=O) groups excluding carboxylic acids is 1. The van der Waals surface area contributed by atoms with E-state index in [0.717, 1.165) is 31.5 Å². The van der Waals surface area contributed by atoms with Crippen molar-refractivity contribution in [3.8, 4) is 0 Å². The van der Waals surface area contributed by atoms with Crippen LogP contribution in [0.4, 0.5) is 10.2 Å². The van der Waals surface area contributed by atoms with Crippen molar-refractivity contribution >= 4 is 11.7 Å². The van der Waals surface area contributed by atoms with Gasteiger partial charge in [0.25, 0.3) is 5.91 Å². The highest BCUT2D eigenvalue weighted by molar-refractivity contribution is 5.98. The van der Waals surface area contributed by atoms with E-state index >= 15 is 0 Å². The fourth-order valence-electron chi connectivity index (χ4n) is 2.78. The molecule has 0 spiro atoms. The Labute approximate surface area is 112 Å². The second kappa shape index (κ2) is 5.55. The van der Waals surface area contributed by atoms with Gasteiger partial charge in [0.05, 0.1) is 11.8 Å². The Hall–Kier alpha value is -1.65. The van der Waals surface area contributed by atoms with Crippen molar-refractivity contribution in [2.24, 2.45) is 5.41 Å². The molecule has 104 valence electrons. The van der Waals surface area contributed by atoms with Crippen molar-refractivity contribution < 1.29 is 9.18 Å². The zero-order chi connectivity index (χ0) is 13.9. The van der Waals surface area contributed by atoms with Gasteiger partial charge in [0.15, 0.2) is 0 Å². The number of nitrogens with zero attached hydrogens (tertiary/aromatic N) is 1. The molecule has 1 aromatic heterocycles. The van der Waals surface area contributed by atoms with Crippen molar-refractivity contribution in [3.63, 3.8) is 0 Å². The number of nitrogen functional groups attached to an aromatic ring is 1. The summed E-state index contributed by atoms with van der Waals surface area (Å²) in [5, 5.41) is 2.88. The summed E-state index contributed by atoms with van der Waals surface area (Å²) in [6.07, 6.45) is 6.77. The average Bonchev–Trinajstić information content (AvgIpc) is 2.88. The van der Waals surface area contributed by atoms with Gasteiger partial charge in [0.2, 0.25) is 0 Å². The van der Waals surface area contributed by atoms with Crippen molar-refractivity contribution in [1.29, 1.82) is 0 Å². The third kappa shape index (κ3) is 3.03. The van der Waals surface area contributed by atoms with Crippen molar-refractivity contribution in [2.75, 3.05) is 12.3 Å². The fraction of sp³-hybridized carbons (Fsp3) is 0.571. The Balaban J connectivity index is 2.03. The molecule has 0 aliphatic heterocycles. The predicted molar refractivity (Wildman–Crippen MR) is 72.1 cm³/mol. The molecule has 0 saturated heterocycles. The van der Waals surface area contributed by atoms with Crippen LogP contribution in [-0.4, -0.2) is 17.4 Å². The van der Waals surface area contributed by atoms with Gasteiger partial charge in [-0.3, -0.25) is 4.79 Å². The van der Waals surface area contributed by atoms with Gasteiger partial charge < -0.3 is 11.1 Å². The molecule has 4 nitrogen and oxygen atoms in total. The third-order valence-electron chi connectivity index (χ3n) is 4.17. The SMILES string of the molecule is CCC1(CNC(=O)c2cc(F)cnc2N)CCCC1. The molecule has 3 N–H and O–H groups in total. The van der Waals surface area contributed by atoms with E-state index in [1.165, 1.54) is 12.8 Å². The van der Waals surface area contributed by atoms with E-state index in [2.05, 4.69) is 17.2 Å². The Morgan fingerprint density at radius 3 is 2.84 bits per heavy atom. The first-order valence-corrected chi connectivity index (χ1v) is 6.75. The number of hydrogen-bond donors (Lipinski definition) is 2. The normalized spacial score (nSPS) is 17.4. The molecule has 1 aromatic rings. The van der Waals surface area contributed by atoms with Crippen LogP contribution in [-0.2, 0) is 0 Å². The first-order chi connectivity index (χ1) is 9.06. The van der Waals surface area contributed by atoms with E-state index in [-0.39, 0.29) is 22.7 Å². The summed E-state index contributed by atoms with van der Waals surface area (Å²) in [4.78, 5) is 15.7. The minimum atomic E-state index is -0.551. The largest absolute Gasteiger partial charge is 0.383 e. The highest BCUT2D eigenvalue weighted by Gasteiger charge is 2.32. The summed E-state index contributed by atoms with van der Waals surface area (Å²) in [5.74, 6) is -0.828. The van der Waals surface area contributed by atoms with Gasteiger partial charge in [-0.05, 0) is 30.7 Å². The maximum absolute atomic E-state index is 13.1. The van der Waals surface area contributed by atoms with E-state index in [1.54, 1.807) is 0 Å². The summed E-state index contributed by atoms with van der Waals surface area (Å²) in [5.41, 5.74) is 5.92. The van der Waals surface area contributed by atoms with E-state index in [9.17, 15) is 9.18 Å². The number of carbonyl (C=O) groups is 1. The molecule has 0 bridgehead atoms. The van der Waals surface area contributed by atoms with Crippen LogP contribution >= 0.6 is 0 Å². The molecule has 0 aromatic carbocycles. The summed E-state index contributed by atoms with van der Waals surface area (Å²) in [6, 6.07) is 1.13. The van der Waals surface area contributed by atoms with Crippen LogP contribution in [0.2, 0.25) is 0 Å². The first kappa shape index (κ1) is 13.8. The molecule has 1 aliphatic rings. The minimum absolute atomic E-state index is 0.0656. The van der Waals surface area contributed by atoms with Gasteiger partial charge in [-0.25, -0.2) is 9.37 Å². The highest BCUT2D eigenvalue weighted by atomic mass is 19.1.